The first-order chi connectivity index (χ1) is 10.2. The Morgan fingerprint density at radius 1 is 1.19 bits per heavy atom. The van der Waals surface area contributed by atoms with Crippen LogP contribution >= 0.6 is 0 Å². The Kier molecular flexibility index (Phi) is 5.29. The molecule has 0 radical (unpaired) electrons. The number of rotatable bonds is 6. The lowest BCUT2D eigenvalue weighted by atomic mass is 10.1. The molecule has 0 saturated carbocycles. The van der Waals surface area contributed by atoms with Gasteiger partial charge in [-0.3, -0.25) is 4.98 Å². The van der Waals surface area contributed by atoms with E-state index in [0.29, 0.717) is 12.2 Å². The Hall–Kier alpha value is -2.40. The number of aryl methyl sites for hydroxylation is 1. The largest absolute Gasteiger partial charge is 0.409 e. The van der Waals surface area contributed by atoms with Crippen LogP contribution in [-0.2, 0) is 19.5 Å². The van der Waals surface area contributed by atoms with E-state index < -0.39 is 0 Å². The second-order valence-corrected chi connectivity index (χ2v) is 4.77. The molecule has 1 heterocycles. The van der Waals surface area contributed by atoms with E-state index in [1.54, 1.807) is 6.20 Å². The van der Waals surface area contributed by atoms with Gasteiger partial charge < -0.3 is 16.3 Å². The molecule has 0 fully saturated rings. The summed E-state index contributed by atoms with van der Waals surface area (Å²) in [6.07, 6.45) is 2.67. The maximum atomic E-state index is 8.77. The second-order valence-electron chi connectivity index (χ2n) is 4.77. The van der Waals surface area contributed by atoms with Gasteiger partial charge in [-0.2, -0.15) is 0 Å². The number of nitrogens with one attached hydrogen (secondary N) is 1. The predicted octanol–water partition coefficient (Wildman–Crippen LogP) is 2.03. The van der Waals surface area contributed by atoms with Crippen LogP contribution < -0.4 is 11.1 Å². The van der Waals surface area contributed by atoms with Gasteiger partial charge in [0.1, 0.15) is 5.69 Å². The Morgan fingerprint density at radius 3 is 2.57 bits per heavy atom. The quantitative estimate of drug-likeness (QED) is 0.328. The number of aromatic nitrogens is 1. The van der Waals surface area contributed by atoms with Crippen LogP contribution in [0.25, 0.3) is 0 Å². The average molecular weight is 284 g/mol. The first-order valence-corrected chi connectivity index (χ1v) is 6.95. The monoisotopic (exact) mass is 284 g/mol. The van der Waals surface area contributed by atoms with E-state index in [2.05, 4.69) is 46.6 Å². The van der Waals surface area contributed by atoms with Crippen LogP contribution in [0.5, 0.6) is 0 Å². The van der Waals surface area contributed by atoms with Gasteiger partial charge >= 0.3 is 0 Å². The maximum absolute atomic E-state index is 8.77. The van der Waals surface area contributed by atoms with Crippen LogP contribution in [0, 0.1) is 0 Å². The summed E-state index contributed by atoms with van der Waals surface area (Å²) in [6, 6.07) is 12.3. The van der Waals surface area contributed by atoms with Crippen LogP contribution in [0.4, 0.5) is 0 Å². The van der Waals surface area contributed by atoms with Gasteiger partial charge in [-0.05, 0) is 29.2 Å². The topological polar surface area (TPSA) is 83.5 Å². The third kappa shape index (κ3) is 4.03. The van der Waals surface area contributed by atoms with Gasteiger partial charge in [-0.15, -0.1) is 0 Å². The summed E-state index contributed by atoms with van der Waals surface area (Å²) in [7, 11) is 0. The minimum absolute atomic E-state index is 0.0275. The molecular formula is C16H20N4O. The van der Waals surface area contributed by atoms with Crippen molar-refractivity contribution in [3.63, 3.8) is 0 Å². The summed E-state index contributed by atoms with van der Waals surface area (Å²) in [5, 5.41) is 15.1. The molecule has 0 amide bonds. The normalized spacial score (nSPS) is 11.6. The lowest BCUT2D eigenvalue weighted by Gasteiger charge is -2.09. The molecular weight excluding hydrogens is 264 g/mol. The highest BCUT2D eigenvalue weighted by Crippen LogP contribution is 2.07. The summed E-state index contributed by atoms with van der Waals surface area (Å²) < 4.78 is 0. The Balaban J connectivity index is 1.97. The zero-order valence-electron chi connectivity index (χ0n) is 12.1. The third-order valence-corrected chi connectivity index (χ3v) is 3.32. The first-order valence-electron chi connectivity index (χ1n) is 6.95. The van der Waals surface area contributed by atoms with Crippen LogP contribution in [-0.4, -0.2) is 16.0 Å². The van der Waals surface area contributed by atoms with Gasteiger partial charge in [0, 0.05) is 19.3 Å². The fourth-order valence-corrected chi connectivity index (χ4v) is 2.09. The van der Waals surface area contributed by atoms with Crippen molar-refractivity contribution >= 4 is 5.84 Å². The molecule has 0 unspecified atom stereocenters. The molecule has 4 N–H and O–H groups in total. The van der Waals surface area contributed by atoms with Gasteiger partial charge in [-0.1, -0.05) is 42.4 Å². The van der Waals surface area contributed by atoms with Gasteiger partial charge in [0.05, 0.1) is 0 Å². The van der Waals surface area contributed by atoms with Gasteiger partial charge in [0.2, 0.25) is 0 Å². The van der Waals surface area contributed by atoms with Gasteiger partial charge in [-0.25, -0.2) is 0 Å². The van der Waals surface area contributed by atoms with Gasteiger partial charge in [0.15, 0.2) is 5.84 Å². The van der Waals surface area contributed by atoms with E-state index in [9.17, 15) is 0 Å². The number of pyridine rings is 1. The number of oxime groups is 1. The lowest BCUT2D eigenvalue weighted by molar-refractivity contribution is 0.318. The SMILES string of the molecule is CCc1ccc(CNCc2cccnc2/C(N)=N/O)cc1. The predicted molar refractivity (Wildman–Crippen MR) is 83.1 cm³/mol. The zero-order chi connectivity index (χ0) is 15.1. The highest BCUT2D eigenvalue weighted by atomic mass is 16.4. The molecule has 5 heteroatoms. The van der Waals surface area contributed by atoms with E-state index in [4.69, 9.17) is 10.9 Å². The fourth-order valence-electron chi connectivity index (χ4n) is 2.09. The smallest absolute Gasteiger partial charge is 0.189 e. The molecule has 1 aromatic heterocycles. The Labute approximate surface area is 124 Å². The second kappa shape index (κ2) is 7.40. The molecule has 0 aliphatic carbocycles. The van der Waals surface area contributed by atoms with E-state index >= 15 is 0 Å². The number of nitrogens with zero attached hydrogens (tertiary/aromatic N) is 2. The van der Waals surface area contributed by atoms with Crippen molar-refractivity contribution in [3.05, 3.63) is 65.0 Å². The summed E-state index contributed by atoms with van der Waals surface area (Å²) >= 11 is 0. The molecule has 0 bridgehead atoms. The van der Waals surface area contributed by atoms with Crippen LogP contribution in [0.3, 0.4) is 0 Å². The molecule has 0 atom stereocenters. The summed E-state index contributed by atoms with van der Waals surface area (Å²) in [5.41, 5.74) is 9.59. The highest BCUT2D eigenvalue weighted by molar-refractivity contribution is 5.96. The zero-order valence-corrected chi connectivity index (χ0v) is 12.1. The number of hydrogen-bond acceptors (Lipinski definition) is 4. The van der Waals surface area contributed by atoms with Crippen LogP contribution in [0.15, 0.2) is 47.8 Å². The minimum atomic E-state index is 0.0275. The average Bonchev–Trinajstić information content (AvgIpc) is 2.55. The van der Waals surface area contributed by atoms with Crippen molar-refractivity contribution in [2.24, 2.45) is 10.9 Å². The van der Waals surface area contributed by atoms with E-state index in [-0.39, 0.29) is 5.84 Å². The summed E-state index contributed by atoms with van der Waals surface area (Å²) in [6.45, 7) is 3.51. The van der Waals surface area contributed by atoms with E-state index in [0.717, 1.165) is 18.5 Å². The Morgan fingerprint density at radius 2 is 1.90 bits per heavy atom. The van der Waals surface area contributed by atoms with E-state index in [1.165, 1.54) is 11.1 Å². The van der Waals surface area contributed by atoms with Crippen molar-refractivity contribution in [1.82, 2.24) is 10.3 Å². The molecule has 2 aromatic rings. The summed E-state index contributed by atoms with van der Waals surface area (Å²) in [4.78, 5) is 4.14. The van der Waals surface area contributed by atoms with Crippen molar-refractivity contribution in [3.8, 4) is 0 Å². The van der Waals surface area contributed by atoms with E-state index in [1.807, 2.05) is 12.1 Å². The molecule has 110 valence electrons. The lowest BCUT2D eigenvalue weighted by Crippen LogP contribution is -2.21. The summed E-state index contributed by atoms with van der Waals surface area (Å²) in [5.74, 6) is 0.0275. The molecule has 0 spiro atoms. The third-order valence-electron chi connectivity index (χ3n) is 3.32. The fraction of sp³-hybridized carbons (Fsp3) is 0.250. The number of benzene rings is 1. The van der Waals surface area contributed by atoms with Crippen molar-refractivity contribution in [2.75, 3.05) is 0 Å². The molecule has 0 aliphatic rings. The maximum Gasteiger partial charge on any atom is 0.189 e. The highest BCUT2D eigenvalue weighted by Gasteiger charge is 2.07. The molecule has 0 aliphatic heterocycles. The van der Waals surface area contributed by atoms with Crippen molar-refractivity contribution in [1.29, 1.82) is 0 Å². The van der Waals surface area contributed by atoms with Crippen molar-refractivity contribution in [2.45, 2.75) is 26.4 Å². The van der Waals surface area contributed by atoms with Crippen LogP contribution in [0.2, 0.25) is 0 Å². The standard InChI is InChI=1S/C16H20N4O/c1-2-12-5-7-13(8-6-12)10-18-11-14-4-3-9-19-15(14)16(17)20-21/h3-9,18,21H,2,10-11H2,1H3,(H2,17,20). The molecule has 5 nitrogen and oxygen atoms in total. The number of nitrogens with two attached hydrogens (primary N) is 1. The Bertz CT molecular complexity index is 608. The van der Waals surface area contributed by atoms with Crippen molar-refractivity contribution < 1.29 is 5.21 Å². The number of amidine groups is 1. The molecule has 0 saturated heterocycles. The molecule has 2 rings (SSSR count). The molecule has 1 aromatic carbocycles. The number of hydrogen-bond donors (Lipinski definition) is 3. The minimum Gasteiger partial charge on any atom is -0.409 e. The molecule has 21 heavy (non-hydrogen) atoms. The van der Waals surface area contributed by atoms with Gasteiger partial charge in [0.25, 0.3) is 0 Å². The van der Waals surface area contributed by atoms with Crippen LogP contribution in [0.1, 0.15) is 29.3 Å². The first kappa shape index (κ1) is 15.0.